The first kappa shape index (κ1) is 17.5. The summed E-state index contributed by atoms with van der Waals surface area (Å²) >= 11 is 6.95. The normalized spacial score (nSPS) is 19.0. The molecule has 1 heterocycles. The van der Waals surface area contributed by atoms with Gasteiger partial charge >= 0.3 is 5.97 Å². The first-order chi connectivity index (χ1) is 10.4. The molecule has 0 aliphatic carbocycles. The van der Waals surface area contributed by atoms with E-state index in [4.69, 9.17) is 9.47 Å². The van der Waals surface area contributed by atoms with Gasteiger partial charge in [0.25, 0.3) is 0 Å². The van der Waals surface area contributed by atoms with Crippen molar-refractivity contribution in [1.29, 1.82) is 0 Å². The van der Waals surface area contributed by atoms with Crippen LogP contribution in [0.4, 0.5) is 0 Å². The lowest BCUT2D eigenvalue weighted by Crippen LogP contribution is -2.33. The van der Waals surface area contributed by atoms with E-state index in [-0.39, 0.29) is 5.78 Å². The van der Waals surface area contributed by atoms with Crippen LogP contribution in [0.25, 0.3) is 0 Å². The first-order valence-corrected chi connectivity index (χ1v) is 8.95. The van der Waals surface area contributed by atoms with Crippen LogP contribution in [0.3, 0.4) is 0 Å². The lowest BCUT2D eigenvalue weighted by Gasteiger charge is -2.23. The van der Waals surface area contributed by atoms with Gasteiger partial charge in [-0.15, -0.1) is 0 Å². The fourth-order valence-corrected chi connectivity index (χ4v) is 3.32. The minimum atomic E-state index is -0.624. The molecule has 2 unspecified atom stereocenters. The molecule has 1 aromatic carbocycles. The molecule has 6 heteroatoms. The molecule has 0 N–H and O–H groups in total. The molecule has 0 radical (unpaired) electrons. The van der Waals surface area contributed by atoms with Crippen molar-refractivity contribution < 1.29 is 19.1 Å². The minimum absolute atomic E-state index is 0.0358. The van der Waals surface area contributed by atoms with Crippen molar-refractivity contribution >= 4 is 43.6 Å². The third-order valence-electron chi connectivity index (χ3n) is 3.97. The molecule has 0 spiro atoms. The molecular weight excluding hydrogens is 416 g/mol. The van der Waals surface area contributed by atoms with Crippen molar-refractivity contribution in [3.63, 3.8) is 0 Å². The summed E-state index contributed by atoms with van der Waals surface area (Å²) < 4.78 is 9.71. The van der Waals surface area contributed by atoms with Gasteiger partial charge in [-0.1, -0.05) is 38.8 Å². The monoisotopic (exact) mass is 432 g/mol. The molecule has 0 aromatic heterocycles. The molecular formula is C16H18Br2O4. The van der Waals surface area contributed by atoms with E-state index < -0.39 is 16.4 Å². The second-order valence-electron chi connectivity index (χ2n) is 5.39. The van der Waals surface area contributed by atoms with Crippen molar-refractivity contribution in [1.82, 2.24) is 0 Å². The Morgan fingerprint density at radius 2 is 2.14 bits per heavy atom. The molecule has 22 heavy (non-hydrogen) atoms. The fraction of sp³-hybridized carbons (Fsp3) is 0.500. The van der Waals surface area contributed by atoms with E-state index in [1.54, 1.807) is 0 Å². The second-order valence-corrected chi connectivity index (χ2v) is 7.47. The molecule has 0 bridgehead atoms. The molecule has 120 valence electrons. The van der Waals surface area contributed by atoms with Crippen LogP contribution in [0.5, 0.6) is 5.75 Å². The van der Waals surface area contributed by atoms with Crippen molar-refractivity contribution in [3.8, 4) is 5.75 Å². The van der Waals surface area contributed by atoms with Gasteiger partial charge in [0.1, 0.15) is 5.75 Å². The number of esters is 1. The number of ether oxygens (including phenoxy) is 2. The molecule has 0 amide bonds. The van der Waals surface area contributed by atoms with Gasteiger partial charge < -0.3 is 9.47 Å². The van der Waals surface area contributed by atoms with Gasteiger partial charge in [-0.05, 0) is 36.6 Å². The third kappa shape index (κ3) is 3.08. The van der Waals surface area contributed by atoms with Gasteiger partial charge in [0.2, 0.25) is 0 Å². The zero-order valence-corrected chi connectivity index (χ0v) is 15.9. The Labute approximate surface area is 146 Å². The maximum atomic E-state index is 12.8. The van der Waals surface area contributed by atoms with Crippen LogP contribution in [0.15, 0.2) is 12.1 Å². The number of methoxy groups -OCH3 is 1. The summed E-state index contributed by atoms with van der Waals surface area (Å²) in [6, 6.07) is 3.66. The van der Waals surface area contributed by atoms with E-state index in [2.05, 4.69) is 31.9 Å². The van der Waals surface area contributed by atoms with Crippen molar-refractivity contribution in [2.24, 2.45) is 0 Å². The molecule has 1 aliphatic rings. The van der Waals surface area contributed by atoms with Crippen LogP contribution < -0.4 is 4.74 Å². The van der Waals surface area contributed by atoms with Crippen LogP contribution in [-0.2, 0) is 16.0 Å². The summed E-state index contributed by atoms with van der Waals surface area (Å²) in [5.74, 6) is 0.291. The molecule has 1 aliphatic heterocycles. The highest BCUT2D eigenvalue weighted by atomic mass is 79.9. The van der Waals surface area contributed by atoms with E-state index in [0.29, 0.717) is 29.5 Å². The first-order valence-electron chi connectivity index (χ1n) is 7.04. The molecule has 4 nitrogen and oxygen atoms in total. The summed E-state index contributed by atoms with van der Waals surface area (Å²) in [5, 5.41) is 0.535. The molecule has 0 saturated heterocycles. The molecule has 2 atom stereocenters. The lowest BCUT2D eigenvalue weighted by atomic mass is 9.91. The number of aryl methyl sites for hydroxylation is 1. The van der Waals surface area contributed by atoms with Crippen molar-refractivity contribution in [2.45, 2.75) is 37.1 Å². The predicted molar refractivity (Wildman–Crippen MR) is 91.4 cm³/mol. The zero-order valence-electron chi connectivity index (χ0n) is 12.7. The smallest absolute Gasteiger partial charge is 0.347 e. The molecule has 0 saturated carbocycles. The summed E-state index contributed by atoms with van der Waals surface area (Å²) in [6.07, 6.45) is 0.480. The second kappa shape index (κ2) is 6.71. The summed E-state index contributed by atoms with van der Waals surface area (Å²) in [7, 11) is 1.34. The van der Waals surface area contributed by atoms with Crippen LogP contribution in [0.2, 0.25) is 0 Å². The van der Waals surface area contributed by atoms with Gasteiger partial charge in [0.05, 0.1) is 11.4 Å². The maximum absolute atomic E-state index is 12.8. The highest BCUT2D eigenvalue weighted by Gasteiger charge is 2.36. The Morgan fingerprint density at radius 3 is 2.68 bits per heavy atom. The van der Waals surface area contributed by atoms with Crippen molar-refractivity contribution in [2.75, 3.05) is 12.4 Å². The number of rotatable bonds is 5. The average Bonchev–Trinajstić information content (AvgIpc) is 2.94. The van der Waals surface area contributed by atoms with Crippen LogP contribution >= 0.6 is 31.9 Å². The average molecular weight is 434 g/mol. The summed E-state index contributed by atoms with van der Waals surface area (Å²) in [5.41, 5.74) is 2.36. The number of carbonyl (C=O) groups excluding carboxylic acids is 2. The third-order valence-corrected chi connectivity index (χ3v) is 6.88. The lowest BCUT2D eigenvalue weighted by molar-refractivity contribution is -0.147. The summed E-state index contributed by atoms with van der Waals surface area (Å²) in [4.78, 5) is 24.4. The Hall–Kier alpha value is -0.880. The van der Waals surface area contributed by atoms with E-state index in [1.807, 2.05) is 26.0 Å². The largest absolute Gasteiger partial charge is 0.478 e. The number of alkyl halides is 2. The predicted octanol–water partition coefficient (Wildman–Crippen LogP) is 3.59. The number of Topliss-reactive ketones (excluding diaryl/α,β-unsaturated/α-hetero) is 1. The van der Waals surface area contributed by atoms with E-state index in [1.165, 1.54) is 7.11 Å². The van der Waals surface area contributed by atoms with Crippen LogP contribution in [-0.4, -0.2) is 34.6 Å². The number of ketones is 1. The SMILES string of the molecule is CCC(Br)(CBr)C(=O)c1cc2c(cc1C)OC(C(=O)OC)C2. The van der Waals surface area contributed by atoms with Crippen molar-refractivity contribution in [3.05, 3.63) is 28.8 Å². The highest BCUT2D eigenvalue weighted by molar-refractivity contribution is 9.12. The number of carbonyl (C=O) groups is 2. The number of halogens is 2. The molecule has 1 aromatic rings. The van der Waals surface area contributed by atoms with Crippen LogP contribution in [0, 0.1) is 6.92 Å². The van der Waals surface area contributed by atoms with E-state index in [9.17, 15) is 9.59 Å². The maximum Gasteiger partial charge on any atom is 0.347 e. The Kier molecular flexibility index (Phi) is 5.33. The fourth-order valence-electron chi connectivity index (χ4n) is 2.45. The minimum Gasteiger partial charge on any atom is -0.478 e. The Bertz CT molecular complexity index is 608. The standard InChI is InChI=1S/C16H18Br2O4/c1-4-16(18,8-17)14(19)11-6-10-7-13(15(20)21-3)22-12(10)5-9(11)2/h5-6,13H,4,7-8H2,1-3H3. The number of hydrogen-bond acceptors (Lipinski definition) is 4. The zero-order chi connectivity index (χ0) is 16.5. The Morgan fingerprint density at radius 1 is 1.45 bits per heavy atom. The van der Waals surface area contributed by atoms with E-state index >= 15 is 0 Å². The van der Waals surface area contributed by atoms with Gasteiger partial charge in [0.15, 0.2) is 11.9 Å². The van der Waals surface area contributed by atoms with Gasteiger partial charge in [-0.25, -0.2) is 4.79 Å². The highest BCUT2D eigenvalue weighted by Crippen LogP contribution is 2.36. The molecule has 0 fully saturated rings. The number of fused-ring (bicyclic) bond motifs is 1. The molecule has 2 rings (SSSR count). The Balaban J connectivity index is 2.35. The van der Waals surface area contributed by atoms with Gasteiger partial charge in [-0.2, -0.15) is 0 Å². The van der Waals surface area contributed by atoms with E-state index in [0.717, 1.165) is 11.1 Å². The van der Waals surface area contributed by atoms with Crippen LogP contribution in [0.1, 0.15) is 34.8 Å². The van der Waals surface area contributed by atoms with Gasteiger partial charge in [-0.3, -0.25) is 4.79 Å². The summed E-state index contributed by atoms with van der Waals surface area (Å²) in [6.45, 7) is 3.84. The topological polar surface area (TPSA) is 52.6 Å². The quantitative estimate of drug-likeness (QED) is 0.404. The number of hydrogen-bond donors (Lipinski definition) is 0. The van der Waals surface area contributed by atoms with Gasteiger partial charge in [0, 0.05) is 17.3 Å². The number of benzene rings is 1.